The number of aromatic nitrogens is 1. The molecule has 0 radical (unpaired) electrons. The van der Waals surface area contributed by atoms with E-state index in [0.717, 1.165) is 23.3 Å². The molecule has 3 N–H and O–H groups in total. The summed E-state index contributed by atoms with van der Waals surface area (Å²) in [5, 5.41) is 3.13. The van der Waals surface area contributed by atoms with Gasteiger partial charge in [0.1, 0.15) is 16.9 Å². The number of anilines is 2. The summed E-state index contributed by atoms with van der Waals surface area (Å²) in [7, 11) is 0. The Hall–Kier alpha value is -2.52. The minimum Gasteiger partial charge on any atom is -0.443 e. The van der Waals surface area contributed by atoms with Crippen molar-refractivity contribution in [3.05, 3.63) is 41.3 Å². The second-order valence-corrected chi connectivity index (χ2v) is 6.11. The molecule has 0 aliphatic carbocycles. The second kappa shape index (κ2) is 6.54. The molecule has 0 unspecified atom stereocenters. The predicted octanol–water partition coefficient (Wildman–Crippen LogP) is 2.13. The quantitative estimate of drug-likeness (QED) is 0.880. The van der Waals surface area contributed by atoms with Gasteiger partial charge in [0.15, 0.2) is 0 Å². The van der Waals surface area contributed by atoms with Crippen LogP contribution in [-0.4, -0.2) is 35.6 Å². The first-order chi connectivity index (χ1) is 11.5. The molecular weight excluding hydrogens is 335 g/mol. The van der Waals surface area contributed by atoms with Gasteiger partial charge in [0.05, 0.1) is 23.5 Å². The van der Waals surface area contributed by atoms with Crippen LogP contribution < -0.4 is 16.0 Å². The van der Waals surface area contributed by atoms with Gasteiger partial charge in [-0.05, 0) is 42.7 Å². The Morgan fingerprint density at radius 1 is 1.54 bits per heavy atom. The van der Waals surface area contributed by atoms with Crippen molar-refractivity contribution in [3.63, 3.8) is 0 Å². The highest BCUT2D eigenvalue weighted by atomic mass is 32.1. The molecular formula is C15H15FN4O3S. The van der Waals surface area contributed by atoms with Gasteiger partial charge >= 0.3 is 6.09 Å². The number of cyclic esters (lactones) is 1. The number of hydrogen-bond donors (Lipinski definition) is 2. The maximum atomic E-state index is 14.3. The minimum atomic E-state index is -0.727. The lowest BCUT2D eigenvalue weighted by atomic mass is 10.1. The van der Waals surface area contributed by atoms with E-state index >= 15 is 0 Å². The molecule has 9 heteroatoms. The van der Waals surface area contributed by atoms with Crippen LogP contribution in [0.15, 0.2) is 24.3 Å². The number of carbonyl (C=O) groups is 2. The molecule has 1 saturated heterocycles. The molecule has 2 heterocycles. The smallest absolute Gasteiger partial charge is 0.414 e. The Morgan fingerprint density at radius 3 is 2.92 bits per heavy atom. The summed E-state index contributed by atoms with van der Waals surface area (Å²) in [4.78, 5) is 25.2. The van der Waals surface area contributed by atoms with Crippen molar-refractivity contribution < 1.29 is 18.7 Å². The van der Waals surface area contributed by atoms with Crippen molar-refractivity contribution in [3.8, 4) is 0 Å². The van der Waals surface area contributed by atoms with E-state index in [0.29, 0.717) is 10.7 Å². The summed E-state index contributed by atoms with van der Waals surface area (Å²) in [6.07, 6.45) is -1.000. The Labute approximate surface area is 141 Å². The number of carbonyl (C=O) groups excluding carboxylic acids is 2. The van der Waals surface area contributed by atoms with E-state index < -0.39 is 23.9 Å². The van der Waals surface area contributed by atoms with E-state index in [1.807, 2.05) is 0 Å². The average Bonchev–Trinajstić information content (AvgIpc) is 3.12. The molecule has 1 atom stereocenters. The lowest BCUT2D eigenvalue weighted by Crippen LogP contribution is -2.27. The largest absolute Gasteiger partial charge is 0.443 e. The number of rotatable bonds is 4. The third kappa shape index (κ3) is 3.22. The van der Waals surface area contributed by atoms with Crippen LogP contribution in [0.2, 0.25) is 0 Å². The maximum absolute atomic E-state index is 14.3. The summed E-state index contributed by atoms with van der Waals surface area (Å²) in [6.45, 7) is 2.24. The first-order valence-electron chi connectivity index (χ1n) is 7.20. The van der Waals surface area contributed by atoms with Crippen molar-refractivity contribution in [2.45, 2.75) is 13.0 Å². The highest BCUT2D eigenvalue weighted by Crippen LogP contribution is 2.24. The predicted molar refractivity (Wildman–Crippen MR) is 87.9 cm³/mol. The van der Waals surface area contributed by atoms with Crippen LogP contribution in [-0.2, 0) is 4.74 Å². The van der Waals surface area contributed by atoms with Gasteiger partial charge in [-0.2, -0.15) is 4.37 Å². The molecule has 3 rings (SSSR count). The number of ether oxygens (including phenoxy) is 1. The number of aryl methyl sites for hydroxylation is 1. The van der Waals surface area contributed by atoms with Gasteiger partial charge in [-0.1, -0.05) is 0 Å². The van der Waals surface area contributed by atoms with Crippen LogP contribution >= 0.6 is 11.5 Å². The Kier molecular flexibility index (Phi) is 4.45. The first-order valence-corrected chi connectivity index (χ1v) is 7.97. The molecule has 1 aromatic carbocycles. The number of benzene rings is 1. The van der Waals surface area contributed by atoms with E-state index in [1.165, 1.54) is 17.0 Å². The van der Waals surface area contributed by atoms with Gasteiger partial charge < -0.3 is 15.8 Å². The van der Waals surface area contributed by atoms with Gasteiger partial charge in [-0.25, -0.2) is 9.18 Å². The highest BCUT2D eigenvalue weighted by molar-refractivity contribution is 7.10. The molecule has 2 amide bonds. The van der Waals surface area contributed by atoms with Crippen LogP contribution in [0.4, 0.5) is 19.9 Å². The van der Waals surface area contributed by atoms with E-state index in [2.05, 4.69) is 9.69 Å². The fourth-order valence-corrected chi connectivity index (χ4v) is 2.97. The van der Waals surface area contributed by atoms with Gasteiger partial charge in [-0.3, -0.25) is 9.69 Å². The number of nitrogens with zero attached hydrogens (tertiary/aromatic N) is 2. The highest BCUT2D eigenvalue weighted by Gasteiger charge is 2.32. The lowest BCUT2D eigenvalue weighted by Gasteiger charge is -2.14. The summed E-state index contributed by atoms with van der Waals surface area (Å²) in [5.41, 5.74) is 6.44. The molecule has 1 fully saturated rings. The molecule has 0 saturated carbocycles. The Balaban J connectivity index is 1.77. The topological polar surface area (TPSA) is 97.5 Å². The van der Waals surface area contributed by atoms with E-state index in [-0.39, 0.29) is 18.7 Å². The fraction of sp³-hybridized carbons (Fsp3) is 0.267. The molecule has 0 bridgehead atoms. The lowest BCUT2D eigenvalue weighted by molar-refractivity contribution is 0.102. The maximum Gasteiger partial charge on any atom is 0.414 e. The summed E-state index contributed by atoms with van der Waals surface area (Å²) >= 11 is 1.12. The molecule has 126 valence electrons. The molecule has 1 aliphatic rings. The number of nitrogens with one attached hydrogen (secondary N) is 1. The van der Waals surface area contributed by atoms with Crippen LogP contribution in [0.3, 0.4) is 0 Å². The van der Waals surface area contributed by atoms with Crippen LogP contribution in [0.25, 0.3) is 0 Å². The molecule has 1 aliphatic heterocycles. The van der Waals surface area contributed by atoms with Gasteiger partial charge in [0.25, 0.3) is 5.91 Å². The number of halogens is 1. The van der Waals surface area contributed by atoms with Crippen molar-refractivity contribution in [2.75, 3.05) is 23.3 Å². The van der Waals surface area contributed by atoms with Gasteiger partial charge in [0.2, 0.25) is 0 Å². The fourth-order valence-electron chi connectivity index (χ4n) is 2.31. The Morgan fingerprint density at radius 2 is 2.33 bits per heavy atom. The zero-order valence-electron chi connectivity index (χ0n) is 12.8. The third-order valence-corrected chi connectivity index (χ3v) is 4.31. The zero-order chi connectivity index (χ0) is 17.3. The van der Waals surface area contributed by atoms with E-state index in [1.54, 1.807) is 13.0 Å². The van der Waals surface area contributed by atoms with Crippen LogP contribution in [0.5, 0.6) is 0 Å². The van der Waals surface area contributed by atoms with Crippen molar-refractivity contribution in [1.82, 2.24) is 4.37 Å². The molecule has 1 aromatic heterocycles. The van der Waals surface area contributed by atoms with E-state index in [4.69, 9.17) is 10.5 Å². The molecule has 7 nitrogen and oxygen atoms in total. The van der Waals surface area contributed by atoms with Crippen molar-refractivity contribution in [2.24, 2.45) is 5.73 Å². The monoisotopic (exact) mass is 350 g/mol. The molecule has 0 spiro atoms. The molecule has 24 heavy (non-hydrogen) atoms. The van der Waals surface area contributed by atoms with Crippen LogP contribution in [0, 0.1) is 12.7 Å². The summed E-state index contributed by atoms with van der Waals surface area (Å²) < 4.78 is 23.4. The SMILES string of the molecule is Cc1cc(NC(=O)c2ccc(N3C[C@H](CN)OC3=O)cc2F)sn1. The van der Waals surface area contributed by atoms with Crippen molar-refractivity contribution >= 4 is 34.2 Å². The van der Waals surface area contributed by atoms with Crippen LogP contribution in [0.1, 0.15) is 16.1 Å². The Bertz CT molecular complexity index is 795. The first kappa shape index (κ1) is 16.3. The number of hydrogen-bond acceptors (Lipinski definition) is 6. The number of amides is 2. The minimum absolute atomic E-state index is 0.118. The summed E-state index contributed by atoms with van der Waals surface area (Å²) in [6, 6.07) is 5.65. The van der Waals surface area contributed by atoms with Gasteiger partial charge in [-0.15, -0.1) is 0 Å². The standard InChI is InChI=1S/C15H15FN4O3S/c1-8-4-13(24-19-8)18-14(21)11-3-2-9(5-12(11)16)20-7-10(6-17)23-15(20)22/h2-5,10H,6-7,17H2,1H3,(H,18,21)/t10-/m0/s1. The van der Waals surface area contributed by atoms with Gasteiger partial charge in [0, 0.05) is 6.54 Å². The second-order valence-electron chi connectivity index (χ2n) is 5.30. The molecule has 2 aromatic rings. The number of nitrogens with two attached hydrogens (primary N) is 1. The average molecular weight is 350 g/mol. The normalized spacial score (nSPS) is 17.0. The van der Waals surface area contributed by atoms with E-state index in [9.17, 15) is 14.0 Å². The third-order valence-electron chi connectivity index (χ3n) is 3.51. The summed E-state index contributed by atoms with van der Waals surface area (Å²) in [5.74, 6) is -1.30. The van der Waals surface area contributed by atoms with Crippen molar-refractivity contribution in [1.29, 1.82) is 0 Å². The zero-order valence-corrected chi connectivity index (χ0v) is 13.6.